The second kappa shape index (κ2) is 8.10. The molecule has 4 heterocycles. The Morgan fingerprint density at radius 3 is 2.81 bits per heavy atom. The van der Waals surface area contributed by atoms with Crippen molar-refractivity contribution in [3.05, 3.63) is 65.6 Å². The summed E-state index contributed by atoms with van der Waals surface area (Å²) in [5.41, 5.74) is 8.28. The number of ether oxygens (including phenoxy) is 2. The molecule has 0 unspecified atom stereocenters. The molecule has 1 fully saturated rings. The summed E-state index contributed by atoms with van der Waals surface area (Å²) in [7, 11) is 0. The maximum atomic E-state index is 12.4. The van der Waals surface area contributed by atoms with Gasteiger partial charge in [-0.15, -0.1) is 0 Å². The molecule has 1 aromatic carbocycles. The Hall–Kier alpha value is -3.88. The first-order valence-electron chi connectivity index (χ1n) is 10.2. The highest BCUT2D eigenvalue weighted by atomic mass is 16.6. The molecule has 0 radical (unpaired) electrons. The third kappa shape index (κ3) is 3.94. The molecule has 158 valence electrons. The molecule has 1 saturated heterocycles. The molecule has 2 N–H and O–H groups in total. The number of piperazine rings is 1. The maximum absolute atomic E-state index is 12.4. The lowest BCUT2D eigenvalue weighted by Crippen LogP contribution is -2.49. The van der Waals surface area contributed by atoms with Gasteiger partial charge >= 0.3 is 5.97 Å². The van der Waals surface area contributed by atoms with Crippen LogP contribution in [-0.4, -0.2) is 65.4 Å². The highest BCUT2D eigenvalue weighted by Gasteiger charge is 2.29. The Morgan fingerprint density at radius 1 is 1.13 bits per heavy atom. The van der Waals surface area contributed by atoms with Crippen molar-refractivity contribution in [1.82, 2.24) is 14.8 Å². The highest BCUT2D eigenvalue weighted by Crippen LogP contribution is 2.30. The van der Waals surface area contributed by atoms with E-state index in [4.69, 9.17) is 15.2 Å². The minimum atomic E-state index is -0.440. The van der Waals surface area contributed by atoms with E-state index in [1.807, 2.05) is 46.2 Å². The summed E-state index contributed by atoms with van der Waals surface area (Å²) in [6, 6.07) is 11.2. The molecule has 0 spiro atoms. The van der Waals surface area contributed by atoms with Crippen molar-refractivity contribution in [2.75, 3.05) is 32.8 Å². The number of pyridine rings is 1. The summed E-state index contributed by atoms with van der Waals surface area (Å²) in [6.07, 6.45) is 4.23. The molecule has 0 amide bonds. The predicted molar refractivity (Wildman–Crippen MR) is 115 cm³/mol. The van der Waals surface area contributed by atoms with Crippen LogP contribution in [0.2, 0.25) is 0 Å². The van der Waals surface area contributed by atoms with Crippen LogP contribution < -0.4 is 10.5 Å². The lowest BCUT2D eigenvalue weighted by molar-refractivity contribution is -0.130. The molecular weight excluding hydrogens is 396 g/mol. The summed E-state index contributed by atoms with van der Waals surface area (Å²) in [5, 5.41) is 0. The van der Waals surface area contributed by atoms with Gasteiger partial charge in [0.25, 0.3) is 0 Å². The van der Waals surface area contributed by atoms with E-state index in [0.29, 0.717) is 56.2 Å². The Bertz CT molecular complexity index is 1090. The Kier molecular flexibility index (Phi) is 4.99. The fraction of sp³-hybridized carbons (Fsp3) is 0.273. The number of nitrogens with zero attached hydrogens (tertiary/aromatic N) is 5. The number of aliphatic imine (C=N–C) groups is 2. The fourth-order valence-electron chi connectivity index (χ4n) is 3.80. The van der Waals surface area contributed by atoms with Gasteiger partial charge in [-0.2, -0.15) is 4.99 Å². The molecule has 3 aliphatic rings. The van der Waals surface area contributed by atoms with Gasteiger partial charge in [0.1, 0.15) is 5.75 Å². The number of rotatable bonds is 3. The number of hydrogen-bond donors (Lipinski definition) is 1. The molecule has 0 bridgehead atoms. The van der Waals surface area contributed by atoms with E-state index in [1.165, 1.54) is 0 Å². The average molecular weight is 418 g/mol. The molecule has 0 atom stereocenters. The number of hydrogen-bond acceptors (Lipinski definition) is 7. The number of benzene rings is 1. The number of carbonyl (C=O) groups is 1. The third-order valence-corrected chi connectivity index (χ3v) is 5.42. The molecule has 0 saturated carbocycles. The molecular formula is C22H22N6O3. The number of guanidine groups is 1. The van der Waals surface area contributed by atoms with Crippen LogP contribution in [-0.2, 0) is 16.0 Å². The van der Waals surface area contributed by atoms with Gasteiger partial charge in [0.2, 0.25) is 5.90 Å². The molecule has 0 aliphatic carbocycles. The van der Waals surface area contributed by atoms with Crippen LogP contribution in [0.5, 0.6) is 5.75 Å². The predicted octanol–water partition coefficient (Wildman–Crippen LogP) is 1.43. The van der Waals surface area contributed by atoms with E-state index in [-0.39, 0.29) is 0 Å². The number of aromatic nitrogens is 1. The van der Waals surface area contributed by atoms with Gasteiger partial charge in [-0.25, -0.2) is 14.8 Å². The van der Waals surface area contributed by atoms with Gasteiger partial charge < -0.3 is 25.0 Å². The molecule has 9 nitrogen and oxygen atoms in total. The Balaban J connectivity index is 1.26. The van der Waals surface area contributed by atoms with Crippen LogP contribution in [0.25, 0.3) is 0 Å². The van der Waals surface area contributed by atoms with E-state index in [2.05, 4.69) is 15.0 Å². The number of nitrogens with two attached hydrogens (primary N) is 1. The molecule has 9 heteroatoms. The van der Waals surface area contributed by atoms with E-state index >= 15 is 0 Å². The number of cyclic esters (lactones) is 1. The minimum absolute atomic E-state index is 0.301. The lowest BCUT2D eigenvalue weighted by atomic mass is 10.1. The Morgan fingerprint density at radius 2 is 2.00 bits per heavy atom. The summed E-state index contributed by atoms with van der Waals surface area (Å²) < 4.78 is 11.1. The van der Waals surface area contributed by atoms with Gasteiger partial charge in [-0.3, -0.25) is 0 Å². The molecule has 2 aromatic rings. The largest absolute Gasteiger partial charge is 0.493 e. The zero-order chi connectivity index (χ0) is 21.2. The zero-order valence-corrected chi connectivity index (χ0v) is 16.9. The quantitative estimate of drug-likeness (QED) is 0.348. The van der Waals surface area contributed by atoms with Crippen LogP contribution in [0.1, 0.15) is 11.1 Å². The van der Waals surface area contributed by atoms with Crippen molar-refractivity contribution in [1.29, 1.82) is 0 Å². The van der Waals surface area contributed by atoms with Crippen LogP contribution in [0, 0.1) is 0 Å². The standard InChI is InChI=1S/C22H22N6O3/c23-22(26-19-6-1-2-8-24-19)28-11-9-27(10-12-28)14-17-21(29)31-20(25-17)16-4-3-5-18-15(16)7-13-30-18/h1-6,8,14H,7,9-13H2,(H2,23,24,26). The summed E-state index contributed by atoms with van der Waals surface area (Å²) >= 11 is 0. The summed E-state index contributed by atoms with van der Waals surface area (Å²) in [5.74, 6) is 1.74. The van der Waals surface area contributed by atoms with Crippen LogP contribution >= 0.6 is 0 Å². The number of carbonyl (C=O) groups excluding carboxylic acids is 1. The van der Waals surface area contributed by atoms with Crippen molar-refractivity contribution in [3.8, 4) is 5.75 Å². The summed E-state index contributed by atoms with van der Waals surface area (Å²) in [4.78, 5) is 29.4. The second-order valence-corrected chi connectivity index (χ2v) is 7.38. The van der Waals surface area contributed by atoms with Gasteiger partial charge in [0, 0.05) is 56.1 Å². The number of esters is 1. The van der Waals surface area contributed by atoms with Crippen molar-refractivity contribution >= 4 is 23.6 Å². The van der Waals surface area contributed by atoms with Crippen molar-refractivity contribution < 1.29 is 14.3 Å². The van der Waals surface area contributed by atoms with Crippen molar-refractivity contribution in [2.24, 2.45) is 15.7 Å². The highest BCUT2D eigenvalue weighted by molar-refractivity contribution is 6.11. The van der Waals surface area contributed by atoms with Crippen LogP contribution in [0.3, 0.4) is 0 Å². The summed E-state index contributed by atoms with van der Waals surface area (Å²) in [6.45, 7) is 3.37. The molecule has 1 aromatic heterocycles. The van der Waals surface area contributed by atoms with Gasteiger partial charge in [0.15, 0.2) is 17.5 Å². The van der Waals surface area contributed by atoms with E-state index in [1.54, 1.807) is 12.4 Å². The SMILES string of the molecule is N/C(=N\c1ccccn1)N1CCN(C=C2N=C(c3cccc4c3CCO4)OC2=O)CC1. The second-order valence-electron chi connectivity index (χ2n) is 7.38. The fourth-order valence-corrected chi connectivity index (χ4v) is 3.80. The van der Waals surface area contributed by atoms with E-state index in [0.717, 1.165) is 23.3 Å². The van der Waals surface area contributed by atoms with E-state index in [9.17, 15) is 4.79 Å². The van der Waals surface area contributed by atoms with Crippen molar-refractivity contribution in [3.63, 3.8) is 0 Å². The first-order chi connectivity index (χ1) is 15.2. The smallest absolute Gasteiger partial charge is 0.365 e. The monoisotopic (exact) mass is 418 g/mol. The van der Waals surface area contributed by atoms with Gasteiger partial charge in [0.05, 0.1) is 6.61 Å². The average Bonchev–Trinajstić information content (AvgIpc) is 3.41. The third-order valence-electron chi connectivity index (χ3n) is 5.42. The Labute approximate surface area is 179 Å². The van der Waals surface area contributed by atoms with Crippen molar-refractivity contribution in [2.45, 2.75) is 6.42 Å². The van der Waals surface area contributed by atoms with E-state index < -0.39 is 5.97 Å². The maximum Gasteiger partial charge on any atom is 0.365 e. The van der Waals surface area contributed by atoms with Gasteiger partial charge in [-0.1, -0.05) is 12.1 Å². The topological polar surface area (TPSA) is 106 Å². The van der Waals surface area contributed by atoms with Crippen LogP contribution in [0.15, 0.2) is 64.5 Å². The van der Waals surface area contributed by atoms with Gasteiger partial charge in [-0.05, 0) is 24.3 Å². The molecule has 31 heavy (non-hydrogen) atoms. The lowest BCUT2D eigenvalue weighted by Gasteiger charge is -2.34. The molecule has 5 rings (SSSR count). The normalized spacial score (nSPS) is 19.9. The first-order valence-corrected chi connectivity index (χ1v) is 10.2. The molecule has 3 aliphatic heterocycles. The zero-order valence-electron chi connectivity index (χ0n) is 16.9. The van der Waals surface area contributed by atoms with Crippen LogP contribution in [0.4, 0.5) is 5.82 Å². The number of fused-ring (bicyclic) bond motifs is 1. The minimum Gasteiger partial charge on any atom is -0.493 e. The first kappa shape index (κ1) is 19.1.